The number of halogens is 1. The van der Waals surface area contributed by atoms with Gasteiger partial charge in [0.1, 0.15) is 0 Å². The van der Waals surface area contributed by atoms with Crippen LogP contribution < -0.4 is 5.32 Å². The van der Waals surface area contributed by atoms with Crippen LogP contribution in [0.15, 0.2) is 23.7 Å². The molecule has 0 spiro atoms. The number of nitrogens with zero attached hydrogens (tertiary/aromatic N) is 1. The fraction of sp³-hybridized carbons (Fsp3) is 0.375. The molecule has 0 aromatic carbocycles. The van der Waals surface area contributed by atoms with Gasteiger partial charge >= 0.3 is 0 Å². The molecule has 1 aliphatic carbocycles. The van der Waals surface area contributed by atoms with Gasteiger partial charge in [-0.3, -0.25) is 14.9 Å². The summed E-state index contributed by atoms with van der Waals surface area (Å²) in [7, 11) is 0. The van der Waals surface area contributed by atoms with E-state index in [1.54, 1.807) is 0 Å². The van der Waals surface area contributed by atoms with E-state index in [-0.39, 0.29) is 12.3 Å². The van der Waals surface area contributed by atoms with Crippen molar-refractivity contribution in [2.45, 2.75) is 19.4 Å². The number of hydrogen-bond acceptors (Lipinski definition) is 3. The highest BCUT2D eigenvalue weighted by Crippen LogP contribution is 2.20. The van der Waals surface area contributed by atoms with Crippen molar-refractivity contribution in [1.29, 1.82) is 0 Å². The summed E-state index contributed by atoms with van der Waals surface area (Å²) in [5, 5.41) is 12.8. The van der Waals surface area contributed by atoms with Crippen LogP contribution in [0.1, 0.15) is 13.3 Å². The van der Waals surface area contributed by atoms with Crippen LogP contribution in [0.4, 0.5) is 4.39 Å². The van der Waals surface area contributed by atoms with Crippen LogP contribution in [0.25, 0.3) is 0 Å². The lowest BCUT2D eigenvalue weighted by atomic mass is 10.1. The summed E-state index contributed by atoms with van der Waals surface area (Å²) in [6.07, 6.45) is 2.22. The van der Waals surface area contributed by atoms with Crippen LogP contribution in [0.5, 0.6) is 0 Å². The third-order valence-corrected chi connectivity index (χ3v) is 1.77. The molecule has 76 valence electrons. The maximum absolute atomic E-state index is 12.9. The summed E-state index contributed by atoms with van der Waals surface area (Å²) in [5.74, 6) is -1.11. The lowest BCUT2D eigenvalue weighted by Gasteiger charge is -2.14. The summed E-state index contributed by atoms with van der Waals surface area (Å²) < 4.78 is 12.9. The Balaban J connectivity index is 2.76. The summed E-state index contributed by atoms with van der Waals surface area (Å²) in [5.41, 5.74) is 0.362. The minimum absolute atomic E-state index is 0.116. The van der Waals surface area contributed by atoms with Gasteiger partial charge < -0.3 is 5.32 Å². The Bertz CT molecular complexity index is 335. The van der Waals surface area contributed by atoms with Gasteiger partial charge in [0.25, 0.3) is 6.04 Å². The Morgan fingerprint density at radius 2 is 2.36 bits per heavy atom. The number of hydrogen-bond donors (Lipinski definition) is 1. The molecule has 1 aliphatic rings. The lowest BCUT2D eigenvalue weighted by Crippen LogP contribution is -2.29. The molecule has 1 N–H and O–H groups in total. The molecule has 14 heavy (non-hydrogen) atoms. The first-order valence-electron chi connectivity index (χ1n) is 3.98. The van der Waals surface area contributed by atoms with E-state index in [0.29, 0.717) is 5.70 Å². The number of rotatable bonds is 2. The van der Waals surface area contributed by atoms with Gasteiger partial charge in [0, 0.05) is 17.5 Å². The predicted octanol–water partition coefficient (Wildman–Crippen LogP) is 0.909. The Kier molecular flexibility index (Phi) is 2.95. The Labute approximate surface area is 79.4 Å². The van der Waals surface area contributed by atoms with Gasteiger partial charge in [0.15, 0.2) is 5.83 Å². The fourth-order valence-electron chi connectivity index (χ4n) is 1.16. The zero-order valence-electron chi connectivity index (χ0n) is 7.49. The van der Waals surface area contributed by atoms with E-state index in [4.69, 9.17) is 0 Å². The van der Waals surface area contributed by atoms with Crippen LogP contribution in [-0.4, -0.2) is 16.9 Å². The third-order valence-electron chi connectivity index (χ3n) is 1.77. The van der Waals surface area contributed by atoms with E-state index in [2.05, 4.69) is 5.32 Å². The monoisotopic (exact) mass is 200 g/mol. The molecule has 0 heterocycles. The second-order valence-corrected chi connectivity index (χ2v) is 2.93. The highest BCUT2D eigenvalue weighted by atomic mass is 19.1. The van der Waals surface area contributed by atoms with Gasteiger partial charge in [-0.2, -0.15) is 0 Å². The molecule has 0 fully saturated rings. The van der Waals surface area contributed by atoms with Crippen molar-refractivity contribution in [3.8, 4) is 0 Å². The van der Waals surface area contributed by atoms with Crippen molar-refractivity contribution in [3.05, 3.63) is 33.8 Å². The molecule has 0 radical (unpaired) electrons. The SMILES string of the molecule is CC(=O)NC1=CC=C(F)C([N+](=O)[O-])C1. The number of nitrogens with one attached hydrogen (secondary N) is 1. The maximum atomic E-state index is 12.9. The molecule has 0 saturated heterocycles. The van der Waals surface area contributed by atoms with Crippen LogP contribution in [-0.2, 0) is 4.79 Å². The summed E-state index contributed by atoms with van der Waals surface area (Å²) >= 11 is 0. The van der Waals surface area contributed by atoms with Gasteiger partial charge in [-0.15, -0.1) is 0 Å². The van der Waals surface area contributed by atoms with Crippen LogP contribution in [0.2, 0.25) is 0 Å². The number of amides is 1. The lowest BCUT2D eigenvalue weighted by molar-refractivity contribution is -0.514. The molecular weight excluding hydrogens is 191 g/mol. The normalized spacial score (nSPS) is 20.9. The molecule has 1 amide bonds. The Morgan fingerprint density at radius 1 is 1.71 bits per heavy atom. The summed E-state index contributed by atoms with van der Waals surface area (Å²) in [6, 6.07) is -1.37. The molecule has 0 saturated carbocycles. The molecule has 5 nitrogen and oxygen atoms in total. The molecule has 0 bridgehead atoms. The summed E-state index contributed by atoms with van der Waals surface area (Å²) in [4.78, 5) is 20.3. The highest BCUT2D eigenvalue weighted by molar-refractivity contribution is 5.75. The molecule has 0 aromatic rings. The third kappa shape index (κ3) is 2.38. The minimum Gasteiger partial charge on any atom is -0.330 e. The van der Waals surface area contributed by atoms with Crippen molar-refractivity contribution in [1.82, 2.24) is 5.32 Å². The van der Waals surface area contributed by atoms with E-state index in [1.807, 2.05) is 0 Å². The average Bonchev–Trinajstić information content (AvgIpc) is 2.07. The van der Waals surface area contributed by atoms with Gasteiger partial charge in [0.05, 0.1) is 6.42 Å². The predicted molar refractivity (Wildman–Crippen MR) is 46.5 cm³/mol. The number of carbonyl (C=O) groups is 1. The molecule has 0 aliphatic heterocycles. The molecule has 1 atom stereocenters. The van der Waals surface area contributed by atoms with Gasteiger partial charge in [-0.1, -0.05) is 0 Å². The van der Waals surface area contributed by atoms with E-state index in [0.717, 1.165) is 6.08 Å². The second kappa shape index (κ2) is 3.99. The van der Waals surface area contributed by atoms with E-state index in [9.17, 15) is 19.3 Å². The quantitative estimate of drug-likeness (QED) is 0.531. The maximum Gasteiger partial charge on any atom is 0.269 e. The Morgan fingerprint density at radius 3 is 2.86 bits per heavy atom. The van der Waals surface area contributed by atoms with Crippen molar-refractivity contribution in [3.63, 3.8) is 0 Å². The largest absolute Gasteiger partial charge is 0.330 e. The number of carbonyl (C=O) groups excluding carboxylic acids is 1. The van der Waals surface area contributed by atoms with E-state index >= 15 is 0 Å². The standard InChI is InChI=1S/C8H9FN2O3/c1-5(12)10-6-2-3-7(9)8(4-6)11(13)14/h2-3,8H,4H2,1H3,(H,10,12). The first kappa shape index (κ1) is 10.4. The van der Waals surface area contributed by atoms with Gasteiger partial charge in [-0.05, 0) is 12.2 Å². The number of nitro groups is 1. The molecule has 1 rings (SSSR count). The van der Waals surface area contributed by atoms with E-state index < -0.39 is 16.8 Å². The molecule has 1 unspecified atom stereocenters. The smallest absolute Gasteiger partial charge is 0.269 e. The van der Waals surface area contributed by atoms with E-state index in [1.165, 1.54) is 13.0 Å². The zero-order chi connectivity index (χ0) is 10.7. The first-order chi connectivity index (χ1) is 6.50. The minimum atomic E-state index is -1.37. The van der Waals surface area contributed by atoms with Gasteiger partial charge in [-0.25, -0.2) is 4.39 Å². The van der Waals surface area contributed by atoms with Crippen LogP contribution in [0, 0.1) is 10.1 Å². The zero-order valence-corrected chi connectivity index (χ0v) is 7.49. The Hall–Kier alpha value is -1.72. The molecule has 0 aromatic heterocycles. The second-order valence-electron chi connectivity index (χ2n) is 2.93. The topological polar surface area (TPSA) is 72.2 Å². The van der Waals surface area contributed by atoms with Crippen molar-refractivity contribution >= 4 is 5.91 Å². The molecule has 6 heteroatoms. The van der Waals surface area contributed by atoms with Crippen molar-refractivity contribution < 1.29 is 14.1 Å². The average molecular weight is 200 g/mol. The van der Waals surface area contributed by atoms with Gasteiger partial charge in [0.2, 0.25) is 5.91 Å². The van der Waals surface area contributed by atoms with Crippen LogP contribution in [0.3, 0.4) is 0 Å². The highest BCUT2D eigenvalue weighted by Gasteiger charge is 2.29. The van der Waals surface area contributed by atoms with Crippen LogP contribution >= 0.6 is 0 Å². The number of allylic oxidation sites excluding steroid dienone is 2. The summed E-state index contributed by atoms with van der Waals surface area (Å²) in [6.45, 7) is 1.29. The molecular formula is C8H9FN2O3. The first-order valence-corrected chi connectivity index (χ1v) is 3.98. The van der Waals surface area contributed by atoms with Crippen molar-refractivity contribution in [2.24, 2.45) is 0 Å². The van der Waals surface area contributed by atoms with Crippen molar-refractivity contribution in [2.75, 3.05) is 0 Å². The fourth-order valence-corrected chi connectivity index (χ4v) is 1.16.